The molecule has 2 aromatic heterocycles. The van der Waals surface area contributed by atoms with Crippen molar-refractivity contribution in [3.05, 3.63) is 61.2 Å². The summed E-state index contributed by atoms with van der Waals surface area (Å²) in [6, 6.07) is 11.7. The summed E-state index contributed by atoms with van der Waals surface area (Å²) >= 11 is 0. The molecule has 144 valence electrons. The standard InChI is InChI=1S/C21H23N5O2/c1-16(27)25(2)12-13-26(3)20-14-23-15-21(24-20)28-19-6-4-17(5-7-19)18-8-10-22-11-9-18/h4-11,14-15H,12-13H2,1-3H3. The molecule has 0 aliphatic rings. The first-order valence-corrected chi connectivity index (χ1v) is 8.96. The van der Waals surface area contributed by atoms with Gasteiger partial charge in [-0.2, -0.15) is 4.98 Å². The van der Waals surface area contributed by atoms with Crippen molar-refractivity contribution in [1.29, 1.82) is 0 Å². The molecule has 7 nitrogen and oxygen atoms in total. The van der Waals surface area contributed by atoms with Gasteiger partial charge < -0.3 is 14.5 Å². The van der Waals surface area contributed by atoms with Crippen molar-refractivity contribution in [2.45, 2.75) is 6.92 Å². The Morgan fingerprint density at radius 2 is 1.61 bits per heavy atom. The van der Waals surface area contributed by atoms with E-state index in [4.69, 9.17) is 4.74 Å². The van der Waals surface area contributed by atoms with Crippen LogP contribution in [0, 0.1) is 0 Å². The van der Waals surface area contributed by atoms with Crippen LogP contribution in [0.4, 0.5) is 5.82 Å². The van der Waals surface area contributed by atoms with Crippen molar-refractivity contribution in [3.8, 4) is 22.8 Å². The lowest BCUT2D eigenvalue weighted by Crippen LogP contribution is -2.33. The number of nitrogens with zero attached hydrogens (tertiary/aromatic N) is 5. The van der Waals surface area contributed by atoms with E-state index in [1.807, 2.05) is 48.3 Å². The van der Waals surface area contributed by atoms with Gasteiger partial charge in [0.2, 0.25) is 11.8 Å². The van der Waals surface area contributed by atoms with Gasteiger partial charge in [-0.05, 0) is 35.4 Å². The predicted octanol–water partition coefficient (Wildman–Crippen LogP) is 3.25. The highest BCUT2D eigenvalue weighted by Gasteiger charge is 2.09. The van der Waals surface area contributed by atoms with Gasteiger partial charge in [0.15, 0.2) is 5.82 Å². The lowest BCUT2D eigenvalue weighted by molar-refractivity contribution is -0.127. The first-order valence-electron chi connectivity index (χ1n) is 8.96. The Balaban J connectivity index is 1.65. The molecule has 3 rings (SSSR count). The zero-order chi connectivity index (χ0) is 19.9. The summed E-state index contributed by atoms with van der Waals surface area (Å²) in [5, 5.41) is 0. The molecule has 0 bridgehead atoms. The molecule has 0 saturated carbocycles. The van der Waals surface area contributed by atoms with E-state index in [0.29, 0.717) is 30.5 Å². The van der Waals surface area contributed by atoms with Gasteiger partial charge in [-0.3, -0.25) is 14.8 Å². The molecular formula is C21H23N5O2. The average Bonchev–Trinajstić information content (AvgIpc) is 2.73. The van der Waals surface area contributed by atoms with E-state index < -0.39 is 0 Å². The predicted molar refractivity (Wildman–Crippen MR) is 108 cm³/mol. The SMILES string of the molecule is CC(=O)N(C)CCN(C)c1cncc(Oc2ccc(-c3ccncc3)cc2)n1. The molecule has 0 aliphatic heterocycles. The first-order chi connectivity index (χ1) is 13.5. The van der Waals surface area contributed by atoms with E-state index in [2.05, 4.69) is 15.0 Å². The summed E-state index contributed by atoms with van der Waals surface area (Å²) in [7, 11) is 3.68. The lowest BCUT2D eigenvalue weighted by atomic mass is 10.1. The highest BCUT2D eigenvalue weighted by Crippen LogP contribution is 2.25. The van der Waals surface area contributed by atoms with Gasteiger partial charge in [0.1, 0.15) is 5.75 Å². The van der Waals surface area contributed by atoms with Crippen LogP contribution in [0.5, 0.6) is 11.6 Å². The van der Waals surface area contributed by atoms with Crippen LogP contribution in [0.15, 0.2) is 61.2 Å². The van der Waals surface area contributed by atoms with Gasteiger partial charge in [0.25, 0.3) is 0 Å². The molecule has 0 saturated heterocycles. The Bertz CT molecular complexity index is 916. The summed E-state index contributed by atoms with van der Waals surface area (Å²) in [5.74, 6) is 1.82. The Morgan fingerprint density at radius 3 is 2.29 bits per heavy atom. The number of amides is 1. The first kappa shape index (κ1) is 19.3. The third-order valence-electron chi connectivity index (χ3n) is 4.39. The number of hydrogen-bond acceptors (Lipinski definition) is 6. The second-order valence-corrected chi connectivity index (χ2v) is 6.44. The molecule has 0 atom stereocenters. The fourth-order valence-electron chi connectivity index (χ4n) is 2.52. The summed E-state index contributed by atoms with van der Waals surface area (Å²) in [5.41, 5.74) is 2.18. The molecule has 1 amide bonds. The van der Waals surface area contributed by atoms with E-state index in [1.165, 1.54) is 0 Å². The Labute approximate surface area is 164 Å². The van der Waals surface area contributed by atoms with Gasteiger partial charge in [-0.1, -0.05) is 12.1 Å². The molecule has 3 aromatic rings. The number of benzene rings is 1. The molecule has 7 heteroatoms. The highest BCUT2D eigenvalue weighted by molar-refractivity contribution is 5.72. The third kappa shape index (κ3) is 5.03. The van der Waals surface area contributed by atoms with Crippen molar-refractivity contribution in [1.82, 2.24) is 19.9 Å². The number of aromatic nitrogens is 3. The van der Waals surface area contributed by atoms with Gasteiger partial charge in [-0.25, -0.2) is 0 Å². The molecule has 0 fully saturated rings. The Morgan fingerprint density at radius 1 is 0.929 bits per heavy atom. The monoisotopic (exact) mass is 377 g/mol. The summed E-state index contributed by atoms with van der Waals surface area (Å²) in [6.07, 6.45) is 6.79. The van der Waals surface area contributed by atoms with Crippen LogP contribution in [-0.2, 0) is 4.79 Å². The van der Waals surface area contributed by atoms with Crippen molar-refractivity contribution < 1.29 is 9.53 Å². The highest BCUT2D eigenvalue weighted by atomic mass is 16.5. The van der Waals surface area contributed by atoms with E-state index in [9.17, 15) is 4.79 Å². The van der Waals surface area contributed by atoms with E-state index in [0.717, 1.165) is 11.1 Å². The quantitative estimate of drug-likeness (QED) is 0.629. The van der Waals surface area contributed by atoms with E-state index >= 15 is 0 Å². The lowest BCUT2D eigenvalue weighted by Gasteiger charge is -2.22. The molecule has 0 N–H and O–H groups in total. The fraction of sp³-hybridized carbons (Fsp3) is 0.238. The number of hydrogen-bond donors (Lipinski definition) is 0. The van der Waals surface area contributed by atoms with Crippen LogP contribution < -0.4 is 9.64 Å². The molecule has 28 heavy (non-hydrogen) atoms. The maximum atomic E-state index is 11.3. The minimum atomic E-state index is 0.0341. The number of rotatable bonds is 7. The zero-order valence-electron chi connectivity index (χ0n) is 16.2. The number of carbonyl (C=O) groups excluding carboxylic acids is 1. The maximum absolute atomic E-state index is 11.3. The second-order valence-electron chi connectivity index (χ2n) is 6.44. The van der Waals surface area contributed by atoms with Crippen LogP contribution in [0.25, 0.3) is 11.1 Å². The van der Waals surface area contributed by atoms with Crippen LogP contribution in [-0.4, -0.2) is 52.9 Å². The number of carbonyl (C=O) groups is 1. The molecule has 0 unspecified atom stereocenters. The minimum absolute atomic E-state index is 0.0341. The van der Waals surface area contributed by atoms with Crippen molar-refractivity contribution in [2.75, 3.05) is 32.1 Å². The van der Waals surface area contributed by atoms with Gasteiger partial charge in [0.05, 0.1) is 12.4 Å². The third-order valence-corrected chi connectivity index (χ3v) is 4.39. The maximum Gasteiger partial charge on any atom is 0.239 e. The number of ether oxygens (including phenoxy) is 1. The van der Waals surface area contributed by atoms with E-state index in [1.54, 1.807) is 43.7 Å². The van der Waals surface area contributed by atoms with Crippen LogP contribution in [0.1, 0.15) is 6.92 Å². The smallest absolute Gasteiger partial charge is 0.239 e. The molecule has 0 radical (unpaired) electrons. The molecule has 0 spiro atoms. The average molecular weight is 377 g/mol. The van der Waals surface area contributed by atoms with E-state index in [-0.39, 0.29) is 5.91 Å². The Hall–Kier alpha value is -3.48. The number of pyridine rings is 1. The summed E-state index contributed by atoms with van der Waals surface area (Å²) < 4.78 is 5.85. The van der Waals surface area contributed by atoms with Crippen LogP contribution in [0.3, 0.4) is 0 Å². The second kappa shape index (κ2) is 8.94. The number of likely N-dealkylation sites (N-methyl/N-ethyl adjacent to an activating group) is 2. The minimum Gasteiger partial charge on any atom is -0.437 e. The van der Waals surface area contributed by atoms with Crippen molar-refractivity contribution in [2.24, 2.45) is 0 Å². The fourth-order valence-corrected chi connectivity index (χ4v) is 2.52. The molecule has 2 heterocycles. The topological polar surface area (TPSA) is 71.5 Å². The summed E-state index contributed by atoms with van der Waals surface area (Å²) in [4.78, 5) is 27.7. The van der Waals surface area contributed by atoms with Crippen molar-refractivity contribution >= 4 is 11.7 Å². The Kier molecular flexibility index (Phi) is 6.16. The van der Waals surface area contributed by atoms with Gasteiger partial charge in [0, 0.05) is 46.5 Å². The van der Waals surface area contributed by atoms with Gasteiger partial charge >= 0.3 is 0 Å². The van der Waals surface area contributed by atoms with Crippen LogP contribution >= 0.6 is 0 Å². The van der Waals surface area contributed by atoms with Crippen molar-refractivity contribution in [3.63, 3.8) is 0 Å². The zero-order valence-corrected chi connectivity index (χ0v) is 16.2. The molecule has 1 aromatic carbocycles. The van der Waals surface area contributed by atoms with Gasteiger partial charge in [-0.15, -0.1) is 0 Å². The number of anilines is 1. The summed E-state index contributed by atoms with van der Waals surface area (Å²) in [6.45, 7) is 2.80. The molecular weight excluding hydrogens is 354 g/mol. The molecule has 0 aliphatic carbocycles. The normalized spacial score (nSPS) is 10.4. The van der Waals surface area contributed by atoms with Crippen LogP contribution in [0.2, 0.25) is 0 Å². The largest absolute Gasteiger partial charge is 0.437 e.